The molecule has 0 atom stereocenters. The number of aryl methyl sites for hydroxylation is 1. The topological polar surface area (TPSA) is 96.2 Å². The predicted octanol–water partition coefficient (Wildman–Crippen LogP) is 3.68. The van der Waals surface area contributed by atoms with E-state index in [0.717, 1.165) is 63.7 Å². The summed E-state index contributed by atoms with van der Waals surface area (Å²) in [5, 5.41) is 8.48. The number of rotatable bonds is 8. The van der Waals surface area contributed by atoms with Crippen molar-refractivity contribution in [2.45, 2.75) is 26.2 Å². The summed E-state index contributed by atoms with van der Waals surface area (Å²) in [6.07, 6.45) is 5.51. The Balaban J connectivity index is 1.49. The van der Waals surface area contributed by atoms with Crippen LogP contribution < -0.4 is 5.32 Å². The van der Waals surface area contributed by atoms with Crippen molar-refractivity contribution in [1.29, 1.82) is 0 Å². The van der Waals surface area contributed by atoms with Crippen LogP contribution in [0.1, 0.15) is 23.7 Å². The van der Waals surface area contributed by atoms with Gasteiger partial charge in [0.05, 0.1) is 34.1 Å². The Bertz CT molecular complexity index is 1460. The largest absolute Gasteiger partial charge is 0.344 e. The quantitative estimate of drug-likeness (QED) is 0.374. The maximum Gasteiger partial charge on any atom is 0.226 e. The fraction of sp³-hybridized carbons (Fsp3) is 0.321. The summed E-state index contributed by atoms with van der Waals surface area (Å²) in [7, 11) is 5.85. The van der Waals surface area contributed by atoms with Crippen LogP contribution in [0.4, 0.5) is 5.13 Å². The van der Waals surface area contributed by atoms with Crippen LogP contribution in [-0.2, 0) is 28.9 Å². The van der Waals surface area contributed by atoms with Gasteiger partial charge in [-0.1, -0.05) is 23.5 Å². The minimum atomic E-state index is -0.140. The molecular formula is C28H31N7O2S. The van der Waals surface area contributed by atoms with Gasteiger partial charge in [0.1, 0.15) is 0 Å². The Morgan fingerprint density at radius 2 is 1.87 bits per heavy atom. The third-order valence-corrected chi connectivity index (χ3v) is 7.59. The van der Waals surface area contributed by atoms with Gasteiger partial charge in [-0.25, -0.2) is 9.67 Å². The molecular weight excluding hydrogens is 498 g/mol. The highest BCUT2D eigenvalue weighted by molar-refractivity contribution is 7.19. The Morgan fingerprint density at radius 1 is 1.08 bits per heavy atom. The van der Waals surface area contributed by atoms with Crippen molar-refractivity contribution in [1.82, 2.24) is 29.5 Å². The summed E-state index contributed by atoms with van der Waals surface area (Å²) in [6.45, 7) is 3.01. The Labute approximate surface area is 226 Å². The Hall–Kier alpha value is -3.89. The molecule has 9 nitrogen and oxygen atoms in total. The first-order valence-electron chi connectivity index (χ1n) is 12.6. The highest BCUT2D eigenvalue weighted by Crippen LogP contribution is 2.44. The number of nitrogens with one attached hydrogen (secondary N) is 1. The molecule has 1 N–H and O–H groups in total. The number of likely N-dealkylation sites (N-methyl/N-ethyl adjacent to an activating group) is 2. The van der Waals surface area contributed by atoms with Crippen molar-refractivity contribution in [2.75, 3.05) is 39.5 Å². The second-order valence-corrected chi connectivity index (χ2v) is 10.8. The number of amides is 2. The van der Waals surface area contributed by atoms with E-state index in [-0.39, 0.29) is 11.8 Å². The van der Waals surface area contributed by atoms with Gasteiger partial charge in [-0.2, -0.15) is 5.10 Å². The summed E-state index contributed by atoms with van der Waals surface area (Å²) < 4.78 is 1.96. The average molecular weight is 530 g/mol. The first kappa shape index (κ1) is 25.7. The van der Waals surface area contributed by atoms with Crippen molar-refractivity contribution in [3.63, 3.8) is 0 Å². The lowest BCUT2D eigenvalue weighted by atomic mass is 9.95. The lowest BCUT2D eigenvalue weighted by molar-refractivity contribution is -0.129. The second kappa shape index (κ2) is 10.8. The number of pyridine rings is 1. The molecule has 0 fully saturated rings. The molecule has 0 unspecified atom stereocenters. The van der Waals surface area contributed by atoms with Crippen LogP contribution in [0.5, 0.6) is 0 Å². The van der Waals surface area contributed by atoms with Gasteiger partial charge in [0.2, 0.25) is 11.8 Å². The van der Waals surface area contributed by atoms with E-state index in [1.54, 1.807) is 11.1 Å². The minimum Gasteiger partial charge on any atom is -0.344 e. The van der Waals surface area contributed by atoms with Crippen LogP contribution >= 0.6 is 11.3 Å². The second-order valence-electron chi connectivity index (χ2n) is 9.77. The molecule has 0 spiro atoms. The number of nitrogens with zero attached hydrogens (tertiary/aromatic N) is 6. The molecule has 0 saturated carbocycles. The molecule has 0 aliphatic heterocycles. The maximum absolute atomic E-state index is 12.7. The van der Waals surface area contributed by atoms with Crippen LogP contribution in [0.3, 0.4) is 0 Å². The zero-order valence-corrected chi connectivity index (χ0v) is 22.9. The zero-order chi connectivity index (χ0) is 26.8. The number of aromatic nitrogens is 4. The number of anilines is 1. The Morgan fingerprint density at radius 3 is 2.55 bits per heavy atom. The third kappa shape index (κ3) is 5.36. The predicted molar refractivity (Wildman–Crippen MR) is 150 cm³/mol. The standard InChI is InChI=1S/C28H31N7O2S/c1-18(36)30-28-31-23-12-11-22-25(20-6-5-13-29-17-20)32-35(26(22)27(23)38-28)21-9-7-19(8-10-21)16-24(37)34(4)15-14-33(2)3/h5-10,13,17H,11-12,14-16H2,1-4H3,(H,30,31,36). The van der Waals surface area contributed by atoms with E-state index in [2.05, 4.69) is 20.2 Å². The first-order chi connectivity index (χ1) is 18.3. The van der Waals surface area contributed by atoms with Crippen molar-refractivity contribution in [2.24, 2.45) is 0 Å². The first-order valence-corrected chi connectivity index (χ1v) is 13.4. The number of benzene rings is 1. The summed E-state index contributed by atoms with van der Waals surface area (Å²) in [4.78, 5) is 38.2. The molecule has 5 rings (SSSR count). The molecule has 38 heavy (non-hydrogen) atoms. The van der Waals surface area contributed by atoms with Crippen LogP contribution in [-0.4, -0.2) is 75.6 Å². The van der Waals surface area contributed by atoms with Gasteiger partial charge in [-0.05, 0) is 56.8 Å². The average Bonchev–Trinajstić information content (AvgIpc) is 3.48. The van der Waals surface area contributed by atoms with Crippen molar-refractivity contribution >= 4 is 28.3 Å². The van der Waals surface area contributed by atoms with Gasteiger partial charge in [0.15, 0.2) is 5.13 Å². The highest BCUT2D eigenvalue weighted by atomic mass is 32.1. The molecule has 3 aromatic heterocycles. The van der Waals surface area contributed by atoms with Gasteiger partial charge >= 0.3 is 0 Å². The molecule has 1 aliphatic carbocycles. The van der Waals surface area contributed by atoms with Crippen molar-refractivity contribution in [3.8, 4) is 27.5 Å². The van der Waals surface area contributed by atoms with Gasteiger partial charge in [0.25, 0.3) is 0 Å². The van der Waals surface area contributed by atoms with Gasteiger partial charge < -0.3 is 15.1 Å². The highest BCUT2D eigenvalue weighted by Gasteiger charge is 2.30. The maximum atomic E-state index is 12.7. The molecule has 4 aromatic rings. The van der Waals surface area contributed by atoms with E-state index >= 15 is 0 Å². The van der Waals surface area contributed by atoms with Crippen LogP contribution in [0.25, 0.3) is 27.5 Å². The number of fused-ring (bicyclic) bond motifs is 3. The lowest BCUT2D eigenvalue weighted by Gasteiger charge is -2.19. The van der Waals surface area contributed by atoms with Crippen molar-refractivity contribution in [3.05, 3.63) is 65.6 Å². The lowest BCUT2D eigenvalue weighted by Crippen LogP contribution is -2.34. The monoisotopic (exact) mass is 529 g/mol. The number of carbonyl (C=O) groups excluding carboxylic acids is 2. The smallest absolute Gasteiger partial charge is 0.226 e. The molecule has 0 radical (unpaired) electrons. The SMILES string of the molecule is CC(=O)Nc1nc2c(s1)-c1c(c(-c3cccnc3)nn1-c1ccc(CC(=O)N(C)CCN(C)C)cc1)CC2. The van der Waals surface area contributed by atoms with Crippen LogP contribution in [0, 0.1) is 0 Å². The van der Waals surface area contributed by atoms with Gasteiger partial charge in [-0.3, -0.25) is 14.6 Å². The number of hydrogen-bond acceptors (Lipinski definition) is 7. The summed E-state index contributed by atoms with van der Waals surface area (Å²) in [5.74, 6) is -0.0480. The fourth-order valence-electron chi connectivity index (χ4n) is 4.53. The van der Waals surface area contributed by atoms with E-state index in [1.165, 1.54) is 18.3 Å². The molecule has 3 heterocycles. The van der Waals surface area contributed by atoms with E-state index in [4.69, 9.17) is 5.10 Å². The number of thiazole rings is 1. The molecule has 0 saturated heterocycles. The molecule has 1 aromatic carbocycles. The summed E-state index contributed by atoms with van der Waals surface area (Å²) in [5.41, 5.74) is 6.81. The van der Waals surface area contributed by atoms with Crippen LogP contribution in [0.15, 0.2) is 48.8 Å². The van der Waals surface area contributed by atoms with E-state index < -0.39 is 0 Å². The van der Waals surface area contributed by atoms with E-state index in [9.17, 15) is 9.59 Å². The molecule has 0 bridgehead atoms. The molecule has 10 heteroatoms. The minimum absolute atomic E-state index is 0.0923. The fourth-order valence-corrected chi connectivity index (χ4v) is 5.65. The number of carbonyl (C=O) groups is 2. The summed E-state index contributed by atoms with van der Waals surface area (Å²) in [6, 6.07) is 11.9. The van der Waals surface area contributed by atoms with Crippen LogP contribution in [0.2, 0.25) is 0 Å². The number of hydrogen-bond donors (Lipinski definition) is 1. The molecule has 2 amide bonds. The summed E-state index contributed by atoms with van der Waals surface area (Å²) >= 11 is 1.47. The van der Waals surface area contributed by atoms with Crippen molar-refractivity contribution < 1.29 is 9.59 Å². The molecule has 1 aliphatic rings. The van der Waals surface area contributed by atoms with Gasteiger partial charge in [-0.15, -0.1) is 0 Å². The van der Waals surface area contributed by atoms with Gasteiger partial charge in [0, 0.05) is 50.6 Å². The molecule has 196 valence electrons. The Kier molecular flexibility index (Phi) is 7.35. The third-order valence-electron chi connectivity index (χ3n) is 6.57. The zero-order valence-electron chi connectivity index (χ0n) is 22.1. The normalized spacial score (nSPS) is 12.2. The van der Waals surface area contributed by atoms with E-state index in [1.807, 2.05) is 68.4 Å². The van der Waals surface area contributed by atoms with E-state index in [0.29, 0.717) is 18.1 Å².